The molecule has 0 aliphatic heterocycles. The largest absolute Gasteiger partial charge is 0.433 e. The van der Waals surface area contributed by atoms with Crippen LogP contribution in [0.3, 0.4) is 0 Å². The fourth-order valence-electron chi connectivity index (χ4n) is 2.17. The summed E-state index contributed by atoms with van der Waals surface area (Å²) in [4.78, 5) is 20.1. The van der Waals surface area contributed by atoms with E-state index in [1.807, 2.05) is 0 Å². The zero-order chi connectivity index (χ0) is 19.1. The first kappa shape index (κ1) is 17.4. The van der Waals surface area contributed by atoms with E-state index in [2.05, 4.69) is 35.9 Å². The molecule has 0 radical (unpaired) electrons. The van der Waals surface area contributed by atoms with Crippen LogP contribution in [0.1, 0.15) is 27.7 Å². The molecule has 0 saturated heterocycles. The van der Waals surface area contributed by atoms with Crippen molar-refractivity contribution >= 4 is 11.9 Å². The highest BCUT2D eigenvalue weighted by atomic mass is 19.4. The Balaban J connectivity index is 2.11. The molecular weight excluding hydrogens is 355 g/mol. The van der Waals surface area contributed by atoms with E-state index < -0.39 is 17.8 Å². The molecule has 0 atom stereocenters. The molecule has 136 valence electrons. The van der Waals surface area contributed by atoms with Gasteiger partial charge in [-0.25, -0.2) is 14.6 Å². The third-order valence-electron chi connectivity index (χ3n) is 3.33. The third kappa shape index (κ3) is 3.22. The molecule has 3 aromatic heterocycles. The summed E-state index contributed by atoms with van der Waals surface area (Å²) in [6, 6.07) is 1.73. The van der Waals surface area contributed by atoms with Crippen molar-refractivity contribution in [2.45, 2.75) is 20.0 Å². The zero-order valence-electron chi connectivity index (χ0n) is 13.8. The van der Waals surface area contributed by atoms with Crippen LogP contribution in [-0.2, 0) is 13.2 Å². The second-order valence-corrected chi connectivity index (χ2v) is 5.26. The van der Waals surface area contributed by atoms with Crippen molar-refractivity contribution in [2.24, 2.45) is 7.05 Å². The number of nitrogens with one attached hydrogen (secondary N) is 1. The minimum absolute atomic E-state index is 0.0207. The lowest BCUT2D eigenvalue weighted by Crippen LogP contribution is -2.21. The van der Waals surface area contributed by atoms with E-state index in [1.54, 1.807) is 6.92 Å². The summed E-state index contributed by atoms with van der Waals surface area (Å²) >= 11 is 0. The molecule has 0 unspecified atom stereocenters. The van der Waals surface area contributed by atoms with E-state index in [0.717, 1.165) is 10.7 Å². The number of amides is 1. The standard InChI is InChI=1S/C13H12F3N9O/c1-6-17-7(2)25(21-6)10-8(4-5-9(18-10)13(14,15)16)11(26)19-12-20-22-23-24(12)3/h4-5H,1-3H3,(H,19,20,23,26). The average molecular weight is 367 g/mol. The molecule has 0 fully saturated rings. The predicted octanol–water partition coefficient (Wildman–Crippen LogP) is 1.07. The molecule has 0 aromatic carbocycles. The number of aryl methyl sites for hydroxylation is 3. The first-order valence-corrected chi connectivity index (χ1v) is 7.19. The number of aromatic nitrogens is 8. The van der Waals surface area contributed by atoms with Crippen molar-refractivity contribution < 1.29 is 18.0 Å². The van der Waals surface area contributed by atoms with Gasteiger partial charge in [-0.15, -0.1) is 5.10 Å². The van der Waals surface area contributed by atoms with Gasteiger partial charge in [0.1, 0.15) is 17.3 Å². The minimum atomic E-state index is -4.68. The number of anilines is 1. The van der Waals surface area contributed by atoms with Crippen LogP contribution < -0.4 is 5.32 Å². The van der Waals surface area contributed by atoms with Crippen LogP contribution >= 0.6 is 0 Å². The van der Waals surface area contributed by atoms with Gasteiger partial charge in [0.2, 0.25) is 5.95 Å². The third-order valence-corrected chi connectivity index (χ3v) is 3.33. The Kier molecular flexibility index (Phi) is 4.13. The van der Waals surface area contributed by atoms with Gasteiger partial charge >= 0.3 is 6.18 Å². The second-order valence-electron chi connectivity index (χ2n) is 5.26. The molecule has 0 saturated carbocycles. The van der Waals surface area contributed by atoms with E-state index in [-0.39, 0.29) is 23.2 Å². The lowest BCUT2D eigenvalue weighted by Gasteiger charge is -2.12. The van der Waals surface area contributed by atoms with E-state index in [1.165, 1.54) is 18.7 Å². The molecule has 1 N–H and O–H groups in total. The number of pyridine rings is 1. The van der Waals surface area contributed by atoms with Gasteiger partial charge < -0.3 is 0 Å². The number of nitrogens with zero attached hydrogens (tertiary/aromatic N) is 8. The Morgan fingerprint density at radius 3 is 2.46 bits per heavy atom. The summed E-state index contributed by atoms with van der Waals surface area (Å²) in [5.41, 5.74) is -1.30. The minimum Gasteiger partial charge on any atom is -0.289 e. The van der Waals surface area contributed by atoms with E-state index in [4.69, 9.17) is 0 Å². The molecule has 3 heterocycles. The van der Waals surface area contributed by atoms with E-state index in [9.17, 15) is 18.0 Å². The molecule has 3 aromatic rings. The predicted molar refractivity (Wildman–Crippen MR) is 80.4 cm³/mol. The van der Waals surface area contributed by atoms with Crippen molar-refractivity contribution in [2.75, 3.05) is 5.32 Å². The fraction of sp³-hybridized carbons (Fsp3) is 0.308. The second kappa shape index (κ2) is 6.16. The van der Waals surface area contributed by atoms with Crippen molar-refractivity contribution in [1.82, 2.24) is 40.0 Å². The molecule has 10 nitrogen and oxygen atoms in total. The number of carbonyl (C=O) groups is 1. The zero-order valence-corrected chi connectivity index (χ0v) is 13.8. The topological polar surface area (TPSA) is 116 Å². The van der Waals surface area contributed by atoms with E-state index in [0.29, 0.717) is 11.9 Å². The van der Waals surface area contributed by atoms with Gasteiger partial charge in [-0.05, 0) is 36.4 Å². The van der Waals surface area contributed by atoms with Gasteiger partial charge in [0.05, 0.1) is 5.56 Å². The number of hydrogen-bond acceptors (Lipinski definition) is 7. The normalized spacial score (nSPS) is 11.6. The van der Waals surface area contributed by atoms with Crippen LogP contribution in [0, 0.1) is 13.8 Å². The number of carbonyl (C=O) groups excluding carboxylic acids is 1. The SMILES string of the molecule is Cc1nc(C)n(-c2nc(C(F)(F)F)ccc2C(=O)Nc2nnnn2C)n1. The molecule has 0 aliphatic rings. The Hall–Kier alpha value is -3.38. The van der Waals surface area contributed by atoms with Crippen LogP contribution in [0.25, 0.3) is 5.82 Å². The molecule has 3 rings (SSSR count). The van der Waals surface area contributed by atoms with Crippen LogP contribution in [-0.4, -0.2) is 45.9 Å². The number of rotatable bonds is 3. The van der Waals surface area contributed by atoms with Crippen LogP contribution in [0.2, 0.25) is 0 Å². The molecular formula is C13H12F3N9O. The summed E-state index contributed by atoms with van der Waals surface area (Å²) in [6.07, 6.45) is -4.68. The van der Waals surface area contributed by atoms with Crippen molar-refractivity contribution in [1.29, 1.82) is 0 Å². The number of hydrogen-bond donors (Lipinski definition) is 1. The Bertz CT molecular complexity index is 976. The van der Waals surface area contributed by atoms with Gasteiger partial charge in [-0.1, -0.05) is 5.10 Å². The Morgan fingerprint density at radius 1 is 1.19 bits per heavy atom. The fourth-order valence-corrected chi connectivity index (χ4v) is 2.17. The number of alkyl halides is 3. The van der Waals surface area contributed by atoms with Crippen molar-refractivity contribution in [3.05, 3.63) is 35.0 Å². The summed E-state index contributed by atoms with van der Waals surface area (Å²) in [7, 11) is 1.49. The average Bonchev–Trinajstić information content (AvgIpc) is 3.11. The quantitative estimate of drug-likeness (QED) is 0.736. The molecule has 26 heavy (non-hydrogen) atoms. The summed E-state index contributed by atoms with van der Waals surface area (Å²) < 4.78 is 41.4. The first-order chi connectivity index (χ1) is 12.2. The van der Waals surface area contributed by atoms with E-state index >= 15 is 0 Å². The molecule has 0 aliphatic carbocycles. The molecule has 0 spiro atoms. The summed E-state index contributed by atoms with van der Waals surface area (Å²) in [6.45, 7) is 3.11. The van der Waals surface area contributed by atoms with Gasteiger partial charge in [-0.2, -0.15) is 17.9 Å². The van der Waals surface area contributed by atoms with Gasteiger partial charge in [0.25, 0.3) is 5.91 Å². The van der Waals surface area contributed by atoms with Crippen LogP contribution in [0.5, 0.6) is 0 Å². The monoisotopic (exact) mass is 367 g/mol. The lowest BCUT2D eigenvalue weighted by molar-refractivity contribution is -0.141. The lowest BCUT2D eigenvalue weighted by atomic mass is 10.2. The first-order valence-electron chi connectivity index (χ1n) is 7.19. The maximum Gasteiger partial charge on any atom is 0.433 e. The molecule has 1 amide bonds. The highest BCUT2D eigenvalue weighted by Gasteiger charge is 2.34. The number of halogens is 3. The summed E-state index contributed by atoms with van der Waals surface area (Å²) in [5, 5.41) is 16.9. The molecule has 13 heteroatoms. The van der Waals surface area contributed by atoms with Crippen LogP contribution in [0.4, 0.5) is 19.1 Å². The van der Waals surface area contributed by atoms with Crippen molar-refractivity contribution in [3.63, 3.8) is 0 Å². The highest BCUT2D eigenvalue weighted by molar-refractivity contribution is 6.05. The maximum absolute atomic E-state index is 13.0. The summed E-state index contributed by atoms with van der Waals surface area (Å²) in [5.74, 6) is -0.418. The Labute approximate surface area is 144 Å². The van der Waals surface area contributed by atoms with Crippen LogP contribution in [0.15, 0.2) is 12.1 Å². The van der Waals surface area contributed by atoms with Gasteiger partial charge in [0, 0.05) is 7.05 Å². The number of tetrazole rings is 1. The smallest absolute Gasteiger partial charge is 0.289 e. The maximum atomic E-state index is 13.0. The van der Waals surface area contributed by atoms with Gasteiger partial charge in [0.15, 0.2) is 5.82 Å². The van der Waals surface area contributed by atoms with Gasteiger partial charge in [-0.3, -0.25) is 10.1 Å². The van der Waals surface area contributed by atoms with Crippen molar-refractivity contribution in [3.8, 4) is 5.82 Å². The highest BCUT2D eigenvalue weighted by Crippen LogP contribution is 2.29. The Morgan fingerprint density at radius 2 is 1.92 bits per heavy atom. The molecule has 0 bridgehead atoms.